The molecule has 4 nitrogen and oxygen atoms in total. The molecule has 1 saturated carbocycles. The fraction of sp³-hybridized carbons (Fsp3) is 0.462. The van der Waals surface area contributed by atoms with Crippen LogP contribution in [0.1, 0.15) is 18.4 Å². The minimum atomic E-state index is -3.44. The molecule has 1 N–H and O–H groups in total. The third-order valence-corrected chi connectivity index (χ3v) is 6.02. The maximum Gasteiger partial charge on any atom is 0.155 e. The molecule has 0 unspecified atom stereocenters. The maximum absolute atomic E-state index is 12.9. The number of aliphatic hydroxyl groups is 1. The van der Waals surface area contributed by atoms with Gasteiger partial charge in [0, 0.05) is 11.7 Å². The van der Waals surface area contributed by atoms with Crippen molar-refractivity contribution in [2.24, 2.45) is 5.41 Å². The molecule has 0 saturated heterocycles. The van der Waals surface area contributed by atoms with Gasteiger partial charge in [0.1, 0.15) is 11.2 Å². The Balaban J connectivity index is 2.46. The number of hydrogen-bond acceptors (Lipinski definition) is 4. The van der Waals surface area contributed by atoms with Crippen molar-refractivity contribution in [2.75, 3.05) is 12.4 Å². The highest BCUT2D eigenvalue weighted by Gasteiger charge is 2.71. The highest BCUT2D eigenvalue weighted by Crippen LogP contribution is 2.62. The van der Waals surface area contributed by atoms with E-state index >= 15 is 0 Å². The number of nitriles is 1. The van der Waals surface area contributed by atoms with Crippen LogP contribution in [-0.4, -0.2) is 31.1 Å². The maximum atomic E-state index is 12.9. The molecule has 2 rings (SSSR count). The van der Waals surface area contributed by atoms with Crippen molar-refractivity contribution in [3.63, 3.8) is 0 Å². The van der Waals surface area contributed by atoms with Crippen LogP contribution in [0.4, 0.5) is 4.39 Å². The number of halogens is 1. The van der Waals surface area contributed by atoms with Gasteiger partial charge in [0.05, 0.1) is 17.9 Å². The summed E-state index contributed by atoms with van der Waals surface area (Å²) in [5.41, 5.74) is -0.730. The van der Waals surface area contributed by atoms with Gasteiger partial charge < -0.3 is 5.11 Å². The molecule has 1 fully saturated rings. The Bertz CT molecular complexity index is 620. The lowest BCUT2D eigenvalue weighted by Crippen LogP contribution is -2.19. The van der Waals surface area contributed by atoms with Crippen molar-refractivity contribution in [3.8, 4) is 6.07 Å². The summed E-state index contributed by atoms with van der Waals surface area (Å²) in [5, 5.41) is 17.7. The highest BCUT2D eigenvalue weighted by atomic mass is 32.2. The fourth-order valence-corrected chi connectivity index (χ4v) is 4.62. The monoisotopic (exact) mass is 283 g/mol. The Kier molecular flexibility index (Phi) is 3.37. The topological polar surface area (TPSA) is 78.2 Å². The summed E-state index contributed by atoms with van der Waals surface area (Å²) in [5.74, 6) is -1.10. The molecule has 1 aromatic rings. The predicted molar refractivity (Wildman–Crippen MR) is 67.5 cm³/mol. The van der Waals surface area contributed by atoms with Crippen LogP contribution in [0.15, 0.2) is 24.3 Å². The molecule has 0 aliphatic heterocycles. The normalized spacial score (nSPS) is 29.8. The predicted octanol–water partition coefficient (Wildman–Crippen LogP) is 1.23. The Morgan fingerprint density at radius 2 is 2.00 bits per heavy atom. The quantitative estimate of drug-likeness (QED) is 0.901. The number of hydrogen-bond donors (Lipinski definition) is 1. The van der Waals surface area contributed by atoms with E-state index in [2.05, 4.69) is 0 Å². The smallest absolute Gasteiger partial charge is 0.155 e. The van der Waals surface area contributed by atoms with E-state index in [1.807, 2.05) is 6.07 Å². The number of sulfone groups is 1. The summed E-state index contributed by atoms with van der Waals surface area (Å²) in [6.07, 6.45) is 0. The molecule has 6 heteroatoms. The van der Waals surface area contributed by atoms with Crippen molar-refractivity contribution < 1.29 is 17.9 Å². The van der Waals surface area contributed by atoms with E-state index in [0.717, 1.165) is 0 Å². The molecule has 0 amide bonds. The molecule has 0 heterocycles. The standard InChI is InChI=1S/C13H14FNO3S/c1-2-19(17,18)12-11(13(12,7-15)8-16)9-3-5-10(14)6-4-9/h3-6,11-12,16H,2,8H2,1H3/t11-,12+,13-/m1/s1. The van der Waals surface area contributed by atoms with Gasteiger partial charge >= 0.3 is 0 Å². The third kappa shape index (κ3) is 2.03. The van der Waals surface area contributed by atoms with Crippen molar-refractivity contribution in [3.05, 3.63) is 35.6 Å². The zero-order valence-electron chi connectivity index (χ0n) is 10.4. The molecule has 1 aliphatic rings. The number of benzene rings is 1. The second-order valence-corrected chi connectivity index (χ2v) is 7.12. The highest BCUT2D eigenvalue weighted by molar-refractivity contribution is 7.92. The lowest BCUT2D eigenvalue weighted by atomic mass is 10.0. The largest absolute Gasteiger partial charge is 0.395 e. The molecule has 0 aromatic heterocycles. The van der Waals surface area contributed by atoms with Gasteiger partial charge in [-0.15, -0.1) is 0 Å². The van der Waals surface area contributed by atoms with Gasteiger partial charge in [-0.05, 0) is 17.7 Å². The first-order valence-corrected chi connectivity index (χ1v) is 7.63. The summed E-state index contributed by atoms with van der Waals surface area (Å²) >= 11 is 0. The number of rotatable bonds is 4. The van der Waals surface area contributed by atoms with E-state index in [4.69, 9.17) is 0 Å². The second kappa shape index (κ2) is 4.58. The van der Waals surface area contributed by atoms with Crippen molar-refractivity contribution in [1.29, 1.82) is 5.26 Å². The number of nitrogens with zero attached hydrogens (tertiary/aromatic N) is 1. The van der Waals surface area contributed by atoms with Crippen molar-refractivity contribution >= 4 is 9.84 Å². The third-order valence-electron chi connectivity index (χ3n) is 3.74. The second-order valence-electron chi connectivity index (χ2n) is 4.71. The van der Waals surface area contributed by atoms with Crippen LogP contribution in [0, 0.1) is 22.6 Å². The molecule has 102 valence electrons. The molecule has 1 aromatic carbocycles. The summed E-state index contributed by atoms with van der Waals surface area (Å²) < 4.78 is 36.9. The summed E-state index contributed by atoms with van der Waals surface area (Å²) in [4.78, 5) is 0. The van der Waals surface area contributed by atoms with Crippen LogP contribution in [0.3, 0.4) is 0 Å². The molecule has 0 spiro atoms. The van der Waals surface area contributed by atoms with E-state index in [-0.39, 0.29) is 5.75 Å². The van der Waals surface area contributed by atoms with Gasteiger partial charge in [-0.3, -0.25) is 0 Å². The average Bonchev–Trinajstić information content (AvgIpc) is 3.10. The van der Waals surface area contributed by atoms with Crippen LogP contribution >= 0.6 is 0 Å². The van der Waals surface area contributed by atoms with E-state index in [9.17, 15) is 23.2 Å². The van der Waals surface area contributed by atoms with E-state index in [1.54, 1.807) is 0 Å². The summed E-state index contributed by atoms with van der Waals surface area (Å²) in [6.45, 7) is 0.990. The van der Waals surface area contributed by atoms with Crippen LogP contribution in [0.2, 0.25) is 0 Å². The molecule has 3 atom stereocenters. The number of aliphatic hydroxyl groups excluding tert-OH is 1. The van der Waals surface area contributed by atoms with Gasteiger partial charge in [0.2, 0.25) is 0 Å². The molecular formula is C13H14FNO3S. The molecule has 0 bridgehead atoms. The van der Waals surface area contributed by atoms with Crippen molar-refractivity contribution in [1.82, 2.24) is 0 Å². The summed E-state index contributed by atoms with van der Waals surface area (Å²) in [6, 6.07) is 7.31. The Morgan fingerprint density at radius 1 is 1.42 bits per heavy atom. The van der Waals surface area contributed by atoms with E-state index in [1.165, 1.54) is 31.2 Å². The SMILES string of the molecule is CCS(=O)(=O)[C@H]1[C@@H](c2ccc(F)cc2)[C@@]1(C#N)CO. The lowest BCUT2D eigenvalue weighted by Gasteiger charge is -2.03. The fourth-order valence-electron chi connectivity index (χ4n) is 2.61. The van der Waals surface area contributed by atoms with Crippen LogP contribution < -0.4 is 0 Å². The van der Waals surface area contributed by atoms with Gasteiger partial charge in [-0.2, -0.15) is 5.26 Å². The first-order valence-electron chi connectivity index (χ1n) is 5.92. The Labute approximate surface area is 111 Å². The summed E-state index contributed by atoms with van der Waals surface area (Å²) in [7, 11) is -3.44. The van der Waals surface area contributed by atoms with E-state index < -0.39 is 38.8 Å². The van der Waals surface area contributed by atoms with Crippen LogP contribution in [0.5, 0.6) is 0 Å². The zero-order chi connectivity index (χ0) is 14.3. The lowest BCUT2D eigenvalue weighted by molar-refractivity contribution is 0.242. The van der Waals surface area contributed by atoms with Gasteiger partial charge in [-0.25, -0.2) is 12.8 Å². The zero-order valence-corrected chi connectivity index (χ0v) is 11.2. The van der Waals surface area contributed by atoms with Gasteiger partial charge in [-0.1, -0.05) is 19.1 Å². The first kappa shape index (κ1) is 14.0. The van der Waals surface area contributed by atoms with Gasteiger partial charge in [0.25, 0.3) is 0 Å². The molecule has 0 radical (unpaired) electrons. The minimum Gasteiger partial charge on any atom is -0.395 e. The molecule has 19 heavy (non-hydrogen) atoms. The van der Waals surface area contributed by atoms with Crippen LogP contribution in [-0.2, 0) is 9.84 Å². The van der Waals surface area contributed by atoms with Crippen molar-refractivity contribution in [2.45, 2.75) is 18.1 Å². The molecular weight excluding hydrogens is 269 g/mol. The Morgan fingerprint density at radius 3 is 2.42 bits per heavy atom. The van der Waals surface area contributed by atoms with Crippen LogP contribution in [0.25, 0.3) is 0 Å². The first-order chi connectivity index (χ1) is 8.93. The van der Waals surface area contributed by atoms with E-state index in [0.29, 0.717) is 5.56 Å². The van der Waals surface area contributed by atoms with Gasteiger partial charge in [0.15, 0.2) is 9.84 Å². The molecule has 1 aliphatic carbocycles. The minimum absolute atomic E-state index is 0.0845. The average molecular weight is 283 g/mol. The Hall–Kier alpha value is -1.45.